The van der Waals surface area contributed by atoms with E-state index in [2.05, 4.69) is 11.4 Å². The van der Waals surface area contributed by atoms with Gasteiger partial charge >= 0.3 is 0 Å². The van der Waals surface area contributed by atoms with E-state index in [1.807, 2.05) is 37.4 Å². The molecule has 0 aliphatic heterocycles. The van der Waals surface area contributed by atoms with Crippen molar-refractivity contribution in [3.8, 4) is 28.4 Å². The summed E-state index contributed by atoms with van der Waals surface area (Å²) in [5.41, 5.74) is 3.30. The first-order valence-corrected chi connectivity index (χ1v) is 6.77. The van der Waals surface area contributed by atoms with Crippen LogP contribution in [0.5, 0.6) is 17.2 Å². The Hall–Kier alpha value is -2.20. The van der Waals surface area contributed by atoms with Crippen LogP contribution in [-0.2, 0) is 6.54 Å². The normalized spacial score (nSPS) is 10.3. The van der Waals surface area contributed by atoms with E-state index in [4.69, 9.17) is 14.2 Å². The van der Waals surface area contributed by atoms with Crippen LogP contribution in [0.4, 0.5) is 0 Å². The van der Waals surface area contributed by atoms with Gasteiger partial charge in [0.25, 0.3) is 0 Å². The van der Waals surface area contributed by atoms with Crippen LogP contribution < -0.4 is 19.5 Å². The van der Waals surface area contributed by atoms with E-state index < -0.39 is 0 Å². The molecule has 0 saturated heterocycles. The molecule has 4 nitrogen and oxygen atoms in total. The maximum atomic E-state index is 5.50. The summed E-state index contributed by atoms with van der Waals surface area (Å²) >= 11 is 0. The van der Waals surface area contributed by atoms with Crippen molar-refractivity contribution in [1.29, 1.82) is 0 Å². The minimum absolute atomic E-state index is 0.752. The predicted molar refractivity (Wildman–Crippen MR) is 84.3 cm³/mol. The minimum Gasteiger partial charge on any atom is -0.497 e. The number of rotatable bonds is 6. The number of nitrogens with one attached hydrogen (secondary N) is 1. The van der Waals surface area contributed by atoms with Crippen molar-refractivity contribution < 1.29 is 14.2 Å². The summed E-state index contributed by atoms with van der Waals surface area (Å²) in [5.74, 6) is 2.41. The van der Waals surface area contributed by atoms with Gasteiger partial charge in [-0.05, 0) is 42.4 Å². The largest absolute Gasteiger partial charge is 0.497 e. The third-order valence-corrected chi connectivity index (χ3v) is 3.38. The van der Waals surface area contributed by atoms with Crippen LogP contribution in [0.2, 0.25) is 0 Å². The summed E-state index contributed by atoms with van der Waals surface area (Å²) < 4.78 is 16.1. The lowest BCUT2D eigenvalue weighted by Crippen LogP contribution is -2.07. The van der Waals surface area contributed by atoms with E-state index in [-0.39, 0.29) is 0 Å². The summed E-state index contributed by atoms with van der Waals surface area (Å²) in [6, 6.07) is 11.9. The maximum Gasteiger partial charge on any atom is 0.130 e. The highest BCUT2D eigenvalue weighted by Crippen LogP contribution is 2.36. The molecule has 0 aliphatic rings. The Morgan fingerprint density at radius 2 is 1.43 bits per heavy atom. The molecule has 4 heteroatoms. The van der Waals surface area contributed by atoms with E-state index in [9.17, 15) is 0 Å². The Bertz CT molecular complexity index is 611. The van der Waals surface area contributed by atoms with Gasteiger partial charge in [0.05, 0.1) is 21.3 Å². The van der Waals surface area contributed by atoms with Crippen LogP contribution in [0, 0.1) is 0 Å². The highest BCUT2D eigenvalue weighted by Gasteiger charge is 2.12. The van der Waals surface area contributed by atoms with Crippen LogP contribution >= 0.6 is 0 Å². The molecule has 2 aromatic carbocycles. The fourth-order valence-electron chi connectivity index (χ4n) is 2.32. The standard InChI is InChI=1S/C17H21NO3/c1-18-11-12-9-13(19-2)5-7-15(12)16-8-6-14(20-3)10-17(16)21-4/h5-10,18H,11H2,1-4H3. The van der Waals surface area contributed by atoms with Crippen molar-refractivity contribution in [1.82, 2.24) is 5.32 Å². The Kier molecular flexibility index (Phi) is 5.06. The van der Waals surface area contributed by atoms with Gasteiger partial charge in [-0.3, -0.25) is 0 Å². The quantitative estimate of drug-likeness (QED) is 0.886. The zero-order valence-corrected chi connectivity index (χ0v) is 12.9. The van der Waals surface area contributed by atoms with Crippen LogP contribution in [0.1, 0.15) is 5.56 Å². The zero-order chi connectivity index (χ0) is 15.2. The van der Waals surface area contributed by atoms with Crippen molar-refractivity contribution >= 4 is 0 Å². The predicted octanol–water partition coefficient (Wildman–Crippen LogP) is 3.10. The van der Waals surface area contributed by atoms with E-state index in [0.29, 0.717) is 0 Å². The molecule has 1 N–H and O–H groups in total. The van der Waals surface area contributed by atoms with E-state index in [1.54, 1.807) is 21.3 Å². The maximum absolute atomic E-state index is 5.50. The van der Waals surface area contributed by atoms with Gasteiger partial charge in [-0.25, -0.2) is 0 Å². The molecular formula is C17H21NO3. The van der Waals surface area contributed by atoms with Gasteiger partial charge in [0.2, 0.25) is 0 Å². The van der Waals surface area contributed by atoms with Crippen LogP contribution in [0.15, 0.2) is 36.4 Å². The second-order valence-corrected chi connectivity index (χ2v) is 4.62. The number of methoxy groups -OCH3 is 3. The van der Waals surface area contributed by atoms with Gasteiger partial charge in [0.1, 0.15) is 17.2 Å². The summed E-state index contributed by atoms with van der Waals surface area (Å²) in [6.07, 6.45) is 0. The molecule has 0 atom stereocenters. The molecule has 0 spiro atoms. The molecule has 0 heterocycles. The van der Waals surface area contributed by atoms with Gasteiger partial charge in [-0.1, -0.05) is 6.07 Å². The molecule has 0 fully saturated rings. The lowest BCUT2D eigenvalue weighted by Gasteiger charge is -2.15. The van der Waals surface area contributed by atoms with Crippen LogP contribution in [-0.4, -0.2) is 28.4 Å². The zero-order valence-electron chi connectivity index (χ0n) is 12.9. The summed E-state index contributed by atoms with van der Waals surface area (Å²) in [7, 11) is 6.91. The first kappa shape index (κ1) is 15.2. The smallest absolute Gasteiger partial charge is 0.130 e. The van der Waals surface area contributed by atoms with Crippen molar-refractivity contribution in [3.63, 3.8) is 0 Å². The summed E-state index contributed by atoms with van der Waals surface area (Å²) in [4.78, 5) is 0. The monoisotopic (exact) mass is 287 g/mol. The third-order valence-electron chi connectivity index (χ3n) is 3.38. The Labute approximate surface area is 125 Å². The third kappa shape index (κ3) is 3.28. The highest BCUT2D eigenvalue weighted by atomic mass is 16.5. The van der Waals surface area contributed by atoms with Crippen molar-refractivity contribution in [3.05, 3.63) is 42.0 Å². The first-order chi connectivity index (χ1) is 10.2. The summed E-state index contributed by atoms with van der Waals surface area (Å²) in [6.45, 7) is 0.752. The van der Waals surface area contributed by atoms with E-state index in [1.165, 1.54) is 0 Å². The summed E-state index contributed by atoms with van der Waals surface area (Å²) in [5, 5.41) is 3.18. The van der Waals surface area contributed by atoms with Gasteiger partial charge in [-0.15, -0.1) is 0 Å². The number of hydrogen-bond acceptors (Lipinski definition) is 4. The molecule has 0 radical (unpaired) electrons. The van der Waals surface area contributed by atoms with Crippen molar-refractivity contribution in [2.24, 2.45) is 0 Å². The molecule has 2 aromatic rings. The van der Waals surface area contributed by atoms with Crippen LogP contribution in [0.3, 0.4) is 0 Å². The Balaban J connectivity index is 2.54. The fourth-order valence-corrected chi connectivity index (χ4v) is 2.32. The molecule has 21 heavy (non-hydrogen) atoms. The van der Waals surface area contributed by atoms with Gasteiger partial charge in [0.15, 0.2) is 0 Å². The topological polar surface area (TPSA) is 39.7 Å². The number of benzene rings is 2. The van der Waals surface area contributed by atoms with Gasteiger partial charge < -0.3 is 19.5 Å². The second kappa shape index (κ2) is 6.99. The first-order valence-electron chi connectivity index (χ1n) is 6.77. The van der Waals surface area contributed by atoms with Gasteiger partial charge in [0, 0.05) is 18.2 Å². The highest BCUT2D eigenvalue weighted by molar-refractivity contribution is 5.75. The SMILES string of the molecule is CNCc1cc(OC)ccc1-c1ccc(OC)cc1OC. The van der Waals surface area contributed by atoms with E-state index in [0.717, 1.165) is 40.5 Å². The van der Waals surface area contributed by atoms with E-state index >= 15 is 0 Å². The molecule has 0 aromatic heterocycles. The fraction of sp³-hybridized carbons (Fsp3) is 0.294. The minimum atomic E-state index is 0.752. The lowest BCUT2D eigenvalue weighted by atomic mass is 9.98. The van der Waals surface area contributed by atoms with Crippen LogP contribution in [0.25, 0.3) is 11.1 Å². The number of hydrogen-bond donors (Lipinski definition) is 1. The molecule has 0 aliphatic carbocycles. The molecule has 0 unspecified atom stereocenters. The average molecular weight is 287 g/mol. The lowest BCUT2D eigenvalue weighted by molar-refractivity contribution is 0.395. The average Bonchev–Trinajstić information content (AvgIpc) is 2.54. The Morgan fingerprint density at radius 1 is 0.810 bits per heavy atom. The molecule has 0 bridgehead atoms. The molecule has 0 saturated carbocycles. The van der Waals surface area contributed by atoms with Gasteiger partial charge in [-0.2, -0.15) is 0 Å². The molecule has 0 amide bonds. The van der Waals surface area contributed by atoms with Crippen molar-refractivity contribution in [2.45, 2.75) is 6.54 Å². The molecule has 112 valence electrons. The number of ether oxygens (including phenoxy) is 3. The second-order valence-electron chi connectivity index (χ2n) is 4.62. The Morgan fingerprint density at radius 3 is 2.00 bits per heavy atom. The van der Waals surface area contributed by atoms with Crippen molar-refractivity contribution in [2.75, 3.05) is 28.4 Å². The molecular weight excluding hydrogens is 266 g/mol. The molecule has 2 rings (SSSR count).